The van der Waals surface area contributed by atoms with Crippen molar-refractivity contribution in [3.05, 3.63) is 42.5 Å². The molecule has 0 fully saturated rings. The van der Waals surface area contributed by atoms with E-state index in [1.807, 2.05) is 0 Å². The predicted octanol–water partition coefficient (Wildman–Crippen LogP) is 3.21. The average molecular weight is 285 g/mol. The van der Waals surface area contributed by atoms with Gasteiger partial charge >= 0.3 is 0 Å². The Morgan fingerprint density at radius 3 is 2.57 bits per heavy atom. The smallest absolute Gasteiger partial charge is 0.129 e. The lowest BCUT2D eigenvalue weighted by atomic mass is 10.1. The molecule has 0 aliphatic carbocycles. The SMILES string of the molecule is ClC[Si](Br)c1cccc2ccccc12. The third-order valence-corrected chi connectivity index (χ3v) is 7.35. The first-order valence-electron chi connectivity index (χ1n) is 4.38. The molecular weight excluding hydrogens is 276 g/mol. The Kier molecular flexibility index (Phi) is 3.26. The Hall–Kier alpha value is -0.313. The highest BCUT2D eigenvalue weighted by Gasteiger charge is 2.11. The summed E-state index contributed by atoms with van der Waals surface area (Å²) in [4.78, 5) is 0. The zero-order valence-electron chi connectivity index (χ0n) is 7.50. The van der Waals surface area contributed by atoms with Crippen LogP contribution in [0.25, 0.3) is 10.8 Å². The minimum atomic E-state index is -0.754. The molecule has 1 radical (unpaired) electrons. The molecule has 0 N–H and O–H groups in total. The van der Waals surface area contributed by atoms with E-state index in [1.54, 1.807) is 0 Å². The zero-order valence-corrected chi connectivity index (χ0v) is 10.8. The fourth-order valence-corrected chi connectivity index (χ4v) is 3.94. The molecule has 0 atom stereocenters. The molecule has 2 rings (SSSR count). The first-order valence-corrected chi connectivity index (χ1v) is 8.88. The molecule has 0 aliphatic heterocycles. The average Bonchev–Trinajstić information content (AvgIpc) is 2.27. The number of rotatable bonds is 2. The summed E-state index contributed by atoms with van der Waals surface area (Å²) in [5, 5.41) is 3.97. The van der Waals surface area contributed by atoms with Crippen molar-refractivity contribution in [2.45, 2.75) is 0 Å². The lowest BCUT2D eigenvalue weighted by Crippen LogP contribution is -2.26. The van der Waals surface area contributed by atoms with Crippen LogP contribution in [-0.4, -0.2) is 12.9 Å². The van der Waals surface area contributed by atoms with Crippen molar-refractivity contribution in [1.82, 2.24) is 0 Å². The van der Waals surface area contributed by atoms with Gasteiger partial charge in [-0.3, -0.25) is 0 Å². The molecule has 0 heterocycles. The minimum absolute atomic E-state index is 0.693. The fraction of sp³-hybridized carbons (Fsp3) is 0.0909. The van der Waals surface area contributed by atoms with Crippen molar-refractivity contribution >= 4 is 50.3 Å². The highest BCUT2D eigenvalue weighted by molar-refractivity contribution is 9.25. The molecule has 0 bridgehead atoms. The molecule has 71 valence electrons. The van der Waals surface area contributed by atoms with Crippen molar-refractivity contribution in [3.8, 4) is 0 Å². The second-order valence-corrected chi connectivity index (χ2v) is 8.35. The van der Waals surface area contributed by atoms with Crippen LogP contribution in [0.5, 0.6) is 0 Å². The van der Waals surface area contributed by atoms with E-state index in [9.17, 15) is 0 Å². The van der Waals surface area contributed by atoms with Crippen LogP contribution in [0.15, 0.2) is 42.5 Å². The van der Waals surface area contributed by atoms with Gasteiger partial charge in [-0.25, -0.2) is 0 Å². The van der Waals surface area contributed by atoms with Gasteiger partial charge in [-0.2, -0.15) is 0 Å². The highest BCUT2D eigenvalue weighted by atomic mass is 79.9. The van der Waals surface area contributed by atoms with Gasteiger partial charge in [0, 0.05) is 5.50 Å². The molecule has 3 heteroatoms. The van der Waals surface area contributed by atoms with Gasteiger partial charge in [0.1, 0.15) is 0 Å². The monoisotopic (exact) mass is 283 g/mol. The molecule has 0 unspecified atom stereocenters. The quantitative estimate of drug-likeness (QED) is 0.451. The Morgan fingerprint density at radius 2 is 1.79 bits per heavy atom. The second kappa shape index (κ2) is 4.47. The maximum absolute atomic E-state index is 5.89. The number of halogens is 2. The fourth-order valence-electron chi connectivity index (χ4n) is 1.53. The van der Waals surface area contributed by atoms with Gasteiger partial charge in [-0.1, -0.05) is 42.5 Å². The summed E-state index contributed by atoms with van der Waals surface area (Å²) in [6, 6.07) is 14.8. The first kappa shape index (κ1) is 10.2. The minimum Gasteiger partial charge on any atom is -0.129 e. The Morgan fingerprint density at radius 1 is 1.07 bits per heavy atom. The molecule has 0 aliphatic rings. The van der Waals surface area contributed by atoms with Gasteiger partial charge < -0.3 is 0 Å². The second-order valence-electron chi connectivity index (χ2n) is 3.07. The summed E-state index contributed by atoms with van der Waals surface area (Å²) in [6.45, 7) is 0. The molecule has 0 nitrogen and oxygen atoms in total. The normalized spacial score (nSPS) is 11.1. The maximum Gasteiger partial charge on any atom is 0.185 e. The number of benzene rings is 2. The van der Waals surface area contributed by atoms with Gasteiger partial charge in [0.15, 0.2) is 7.42 Å². The lowest BCUT2D eigenvalue weighted by molar-refractivity contribution is 1.77. The van der Waals surface area contributed by atoms with Gasteiger partial charge in [-0.15, -0.1) is 26.9 Å². The van der Waals surface area contributed by atoms with Crippen LogP contribution in [0, 0.1) is 0 Å². The largest absolute Gasteiger partial charge is 0.185 e. The van der Waals surface area contributed by atoms with Crippen LogP contribution >= 0.6 is 26.9 Å². The van der Waals surface area contributed by atoms with Gasteiger partial charge in [-0.05, 0) is 16.0 Å². The summed E-state index contributed by atoms with van der Waals surface area (Å²) in [6.07, 6.45) is 0. The molecule has 0 spiro atoms. The molecule has 2 aromatic rings. The molecule has 0 amide bonds. The molecule has 0 aromatic heterocycles. The number of hydrogen-bond acceptors (Lipinski definition) is 0. The summed E-state index contributed by atoms with van der Waals surface area (Å²) in [7, 11) is -0.754. The third-order valence-electron chi connectivity index (χ3n) is 2.20. The Bertz CT molecular complexity index is 439. The van der Waals surface area contributed by atoms with Gasteiger partial charge in [0.25, 0.3) is 0 Å². The topological polar surface area (TPSA) is 0 Å². The van der Waals surface area contributed by atoms with E-state index in [1.165, 1.54) is 16.0 Å². The lowest BCUT2D eigenvalue weighted by Gasteiger charge is -2.07. The zero-order chi connectivity index (χ0) is 9.97. The van der Waals surface area contributed by atoms with Crippen molar-refractivity contribution in [1.29, 1.82) is 0 Å². The van der Waals surface area contributed by atoms with Crippen LogP contribution in [0.1, 0.15) is 0 Å². The van der Waals surface area contributed by atoms with Crippen molar-refractivity contribution in [2.75, 3.05) is 5.50 Å². The Balaban J connectivity index is 2.65. The van der Waals surface area contributed by atoms with Crippen LogP contribution in [0.3, 0.4) is 0 Å². The summed E-state index contributed by atoms with van der Waals surface area (Å²) in [5.41, 5.74) is 0.693. The van der Waals surface area contributed by atoms with Crippen LogP contribution in [0.4, 0.5) is 0 Å². The molecule has 0 saturated heterocycles. The number of fused-ring (bicyclic) bond motifs is 1. The number of alkyl halides is 1. The molecule has 2 aromatic carbocycles. The Labute approximate surface area is 98.1 Å². The van der Waals surface area contributed by atoms with Crippen molar-refractivity contribution in [3.63, 3.8) is 0 Å². The van der Waals surface area contributed by atoms with E-state index >= 15 is 0 Å². The van der Waals surface area contributed by atoms with Crippen molar-refractivity contribution < 1.29 is 0 Å². The molecule has 0 saturated carbocycles. The summed E-state index contributed by atoms with van der Waals surface area (Å²) >= 11 is 9.56. The molecular formula is C11H9BrClSi. The van der Waals surface area contributed by atoms with E-state index in [4.69, 9.17) is 11.6 Å². The van der Waals surface area contributed by atoms with E-state index in [0.717, 1.165) is 0 Å². The van der Waals surface area contributed by atoms with Crippen LogP contribution < -0.4 is 5.19 Å². The third kappa shape index (κ3) is 1.87. The van der Waals surface area contributed by atoms with Crippen LogP contribution in [0.2, 0.25) is 0 Å². The van der Waals surface area contributed by atoms with Crippen LogP contribution in [-0.2, 0) is 0 Å². The highest BCUT2D eigenvalue weighted by Crippen LogP contribution is 2.13. The first-order chi connectivity index (χ1) is 6.83. The van der Waals surface area contributed by atoms with Crippen molar-refractivity contribution in [2.24, 2.45) is 0 Å². The summed E-state index contributed by atoms with van der Waals surface area (Å²) < 4.78 is 0. The standard InChI is InChI=1S/C11H9BrClSi/c12-14(8-13)11-7-3-5-9-4-1-2-6-10(9)11/h1-7H,8H2. The van der Waals surface area contributed by atoms with E-state index in [0.29, 0.717) is 5.50 Å². The van der Waals surface area contributed by atoms with E-state index in [-0.39, 0.29) is 0 Å². The van der Waals surface area contributed by atoms with Gasteiger partial charge in [0.05, 0.1) is 0 Å². The van der Waals surface area contributed by atoms with E-state index in [2.05, 4.69) is 57.8 Å². The maximum atomic E-state index is 5.89. The predicted molar refractivity (Wildman–Crippen MR) is 69.0 cm³/mol. The number of hydrogen-bond donors (Lipinski definition) is 0. The van der Waals surface area contributed by atoms with Gasteiger partial charge in [0.2, 0.25) is 0 Å². The molecule has 14 heavy (non-hydrogen) atoms. The van der Waals surface area contributed by atoms with E-state index < -0.39 is 7.42 Å². The summed E-state index contributed by atoms with van der Waals surface area (Å²) in [5.74, 6) is 0.